The van der Waals surface area contributed by atoms with E-state index in [0.717, 1.165) is 5.66 Å². The Bertz CT molecular complexity index is 673. The van der Waals surface area contributed by atoms with Crippen LogP contribution in [0.1, 0.15) is 71.9 Å². The van der Waals surface area contributed by atoms with E-state index in [2.05, 4.69) is 75.7 Å². The van der Waals surface area contributed by atoms with Gasteiger partial charge in [-0.15, -0.1) is 0 Å². The van der Waals surface area contributed by atoms with E-state index in [1.54, 1.807) is 21.5 Å². The van der Waals surface area contributed by atoms with Gasteiger partial charge in [0.05, 0.1) is 0 Å². The van der Waals surface area contributed by atoms with Gasteiger partial charge in [-0.3, -0.25) is 0 Å². The van der Waals surface area contributed by atoms with Crippen molar-refractivity contribution in [2.24, 2.45) is 0 Å². The maximum absolute atomic E-state index is 2.51. The standard InChI is InChI=1S/C24H39PSi2.C2H6.2CH4.CH3.Fe/c1-26(2,3)23-16-10-12-20(23)18-25(22-14-8-7-9-15-22)19-21-13-11-17-24(21)27(4,5)6;1-2;;;;/h10-13,16-17,22H,7-9,14-15,18-19H2,1-6H3;1-2H3;2*1H4;1H3;/q-2;;;;-1;+3. The molecule has 2 aromatic rings. The van der Waals surface area contributed by atoms with Gasteiger partial charge in [0, 0.05) is 16.1 Å². The molecule has 0 amide bonds. The zero-order valence-corrected chi connectivity index (χ0v) is 25.8. The summed E-state index contributed by atoms with van der Waals surface area (Å²) < 4.78 is 0. The Labute approximate surface area is 223 Å². The molecule has 1 fully saturated rings. The average molecular weight is 548 g/mol. The monoisotopic (exact) mass is 547 g/mol. The van der Waals surface area contributed by atoms with E-state index < -0.39 is 16.1 Å². The van der Waals surface area contributed by atoms with Crippen LogP contribution in [0, 0.1) is 7.43 Å². The van der Waals surface area contributed by atoms with Crippen molar-refractivity contribution in [3.63, 3.8) is 0 Å². The molecule has 0 unspecified atom stereocenters. The predicted molar refractivity (Wildman–Crippen MR) is 162 cm³/mol. The summed E-state index contributed by atoms with van der Waals surface area (Å²) in [7, 11) is -2.45. The largest absolute Gasteiger partial charge is 3.00 e. The fourth-order valence-electron chi connectivity index (χ4n) is 4.85. The zero-order chi connectivity index (χ0) is 21.7. The first-order valence-corrected chi connectivity index (χ1v) is 20.7. The minimum atomic E-state index is -1.24. The normalized spacial score (nSPS) is 14.9. The van der Waals surface area contributed by atoms with E-state index in [9.17, 15) is 0 Å². The van der Waals surface area contributed by atoms with Crippen LogP contribution in [0.2, 0.25) is 39.3 Å². The van der Waals surface area contributed by atoms with Gasteiger partial charge in [0.15, 0.2) is 0 Å². The third-order valence-electron chi connectivity index (χ3n) is 6.27. The van der Waals surface area contributed by atoms with Crippen LogP contribution < -0.4 is 10.4 Å². The third-order valence-corrected chi connectivity index (χ3v) is 13.5. The summed E-state index contributed by atoms with van der Waals surface area (Å²) in [6.45, 7) is 19.1. The van der Waals surface area contributed by atoms with Crippen LogP contribution in [0.3, 0.4) is 0 Å². The second-order valence-corrected chi connectivity index (χ2v) is 23.2. The quantitative estimate of drug-likeness (QED) is 0.184. The first-order chi connectivity index (χ1) is 13.7. The van der Waals surface area contributed by atoms with Crippen LogP contribution >= 0.6 is 7.92 Å². The predicted octanol–water partition coefficient (Wildman–Crippen LogP) is 9.48. The van der Waals surface area contributed by atoms with Crippen molar-refractivity contribution in [1.82, 2.24) is 0 Å². The maximum atomic E-state index is 2.51. The Morgan fingerprint density at radius 1 is 0.939 bits per heavy atom. The van der Waals surface area contributed by atoms with E-state index in [-0.39, 0.29) is 47.3 Å². The van der Waals surface area contributed by atoms with Crippen molar-refractivity contribution in [3.8, 4) is 0 Å². The summed E-state index contributed by atoms with van der Waals surface area (Å²) in [5.74, 6) is 0. The average Bonchev–Trinajstić information content (AvgIpc) is 3.32. The van der Waals surface area contributed by atoms with Gasteiger partial charge in [-0.1, -0.05) is 95.2 Å². The van der Waals surface area contributed by atoms with E-state index in [1.165, 1.54) is 44.4 Å². The Morgan fingerprint density at radius 3 is 2.03 bits per heavy atom. The smallest absolute Gasteiger partial charge is 0.358 e. The van der Waals surface area contributed by atoms with Gasteiger partial charge in [0.25, 0.3) is 0 Å². The van der Waals surface area contributed by atoms with Gasteiger partial charge in [-0.2, -0.15) is 39.7 Å². The Kier molecular flexibility index (Phi) is 19.0. The molecule has 0 aliphatic heterocycles. The molecular formula is C29H56FePSi2. The molecule has 0 N–H and O–H groups in total. The van der Waals surface area contributed by atoms with Crippen molar-refractivity contribution in [2.75, 3.05) is 0 Å². The molecule has 0 bridgehead atoms. The molecule has 0 heterocycles. The van der Waals surface area contributed by atoms with Crippen LogP contribution in [0.15, 0.2) is 36.4 Å². The molecule has 1 saturated carbocycles. The van der Waals surface area contributed by atoms with Gasteiger partial charge in [0.1, 0.15) is 0 Å². The first-order valence-electron chi connectivity index (χ1n) is 11.9. The maximum Gasteiger partial charge on any atom is 3.00 e. The van der Waals surface area contributed by atoms with Gasteiger partial charge < -0.3 is 7.43 Å². The van der Waals surface area contributed by atoms with Crippen molar-refractivity contribution in [1.29, 1.82) is 0 Å². The summed E-state index contributed by atoms with van der Waals surface area (Å²) in [5, 5.41) is 3.44. The Hall–Kier alpha value is 0.0832. The molecular weight excluding hydrogens is 491 g/mol. The zero-order valence-electron chi connectivity index (χ0n) is 21.8. The van der Waals surface area contributed by atoms with Crippen molar-refractivity contribution in [3.05, 3.63) is 55.0 Å². The molecule has 0 saturated heterocycles. The molecule has 1 radical (unpaired) electrons. The van der Waals surface area contributed by atoms with Crippen molar-refractivity contribution >= 4 is 34.4 Å². The van der Waals surface area contributed by atoms with Crippen LogP contribution in [0.5, 0.6) is 0 Å². The second-order valence-electron chi connectivity index (χ2n) is 10.6. The van der Waals surface area contributed by atoms with E-state index in [0.29, 0.717) is 0 Å². The van der Waals surface area contributed by atoms with Gasteiger partial charge in [-0.05, 0) is 30.8 Å². The second kappa shape index (κ2) is 16.7. The summed E-state index contributed by atoms with van der Waals surface area (Å²) in [5.41, 5.74) is 4.39. The molecule has 33 heavy (non-hydrogen) atoms. The Balaban J connectivity index is -0.00000146. The molecule has 4 heteroatoms. The van der Waals surface area contributed by atoms with Crippen LogP contribution in [-0.4, -0.2) is 21.8 Å². The van der Waals surface area contributed by atoms with E-state index >= 15 is 0 Å². The third kappa shape index (κ3) is 10.7. The van der Waals surface area contributed by atoms with Gasteiger partial charge in [-0.25, -0.2) is 18.2 Å². The fourth-order valence-corrected chi connectivity index (χ4v) is 11.8. The molecule has 0 nitrogen and oxygen atoms in total. The molecule has 0 atom stereocenters. The number of hydrogen-bond acceptors (Lipinski definition) is 0. The molecule has 2 aromatic carbocycles. The minimum Gasteiger partial charge on any atom is -0.358 e. The fraction of sp³-hybridized carbons (Fsp3) is 0.621. The molecule has 193 valence electrons. The molecule has 1 aliphatic rings. The molecule has 1 aliphatic carbocycles. The van der Waals surface area contributed by atoms with Gasteiger partial charge in [0.2, 0.25) is 0 Å². The van der Waals surface area contributed by atoms with Crippen molar-refractivity contribution < 1.29 is 17.1 Å². The first kappa shape index (κ1) is 37.6. The summed E-state index contributed by atoms with van der Waals surface area (Å²) in [6, 6.07) is 14.4. The summed E-state index contributed by atoms with van der Waals surface area (Å²) in [6.07, 6.45) is 10.1. The van der Waals surface area contributed by atoms with E-state index in [1.807, 2.05) is 13.8 Å². The minimum absolute atomic E-state index is 0. The molecule has 0 aromatic heterocycles. The molecule has 3 rings (SSSR count). The van der Waals surface area contributed by atoms with Crippen LogP contribution in [-0.2, 0) is 29.4 Å². The van der Waals surface area contributed by atoms with Crippen LogP contribution in [0.25, 0.3) is 0 Å². The summed E-state index contributed by atoms with van der Waals surface area (Å²) in [4.78, 5) is 0. The summed E-state index contributed by atoms with van der Waals surface area (Å²) >= 11 is 0. The Morgan fingerprint density at radius 2 is 1.52 bits per heavy atom. The van der Waals surface area contributed by atoms with E-state index in [4.69, 9.17) is 0 Å². The van der Waals surface area contributed by atoms with Gasteiger partial charge >= 0.3 is 17.1 Å². The topological polar surface area (TPSA) is 0 Å². The number of hydrogen-bond donors (Lipinski definition) is 0. The molecule has 0 spiro atoms. The van der Waals surface area contributed by atoms with Crippen LogP contribution in [0.4, 0.5) is 0 Å². The van der Waals surface area contributed by atoms with Crippen molar-refractivity contribution in [2.45, 2.75) is 118 Å². The number of rotatable bonds is 7. The SMILES string of the molecule is C.C.CC.C[Si](C)(C)c1cc[cH-]c1CP(Cc1ccc[c-]1[Si](C)(C)C)C1CCCCC1.[CH3-].[Fe+3].